The van der Waals surface area contributed by atoms with Crippen molar-refractivity contribution in [3.8, 4) is 11.5 Å². The standard InChI is InChI=1S/C25H28N8O4/c1-24(2,13-26)14-28-19-17(20-31-23(32-37-20)33-7-9-35-10-8-33)12-27-22(30-19)29-15-5-6-16-18(11-15)25(3,4)36-21(16)34/h5-12H,13-14,26H2,1-4H3,(H2,27,28,29,30). The Hall–Kier alpha value is -4.45. The molecule has 192 valence electrons. The van der Waals surface area contributed by atoms with E-state index in [-0.39, 0.29) is 17.3 Å². The summed E-state index contributed by atoms with van der Waals surface area (Å²) in [4.78, 5) is 27.4. The Morgan fingerprint density at radius 3 is 2.68 bits per heavy atom. The van der Waals surface area contributed by atoms with Crippen molar-refractivity contribution in [2.24, 2.45) is 11.1 Å². The summed E-state index contributed by atoms with van der Waals surface area (Å²) in [6.45, 7) is 8.85. The number of nitrogens with one attached hydrogen (secondary N) is 2. The topological polar surface area (TPSA) is 154 Å². The van der Waals surface area contributed by atoms with Gasteiger partial charge in [-0.15, -0.1) is 0 Å². The average Bonchev–Trinajstić information content (AvgIpc) is 3.46. The van der Waals surface area contributed by atoms with Gasteiger partial charge in [-0.1, -0.05) is 13.8 Å². The molecular weight excluding hydrogens is 476 g/mol. The minimum Gasteiger partial charge on any atom is -0.470 e. The second-order valence-corrected chi connectivity index (χ2v) is 9.98. The van der Waals surface area contributed by atoms with E-state index in [4.69, 9.17) is 19.7 Å². The summed E-state index contributed by atoms with van der Waals surface area (Å²) < 4.78 is 16.0. The smallest absolute Gasteiger partial charge is 0.339 e. The third kappa shape index (κ3) is 4.96. The zero-order chi connectivity index (χ0) is 26.2. The maximum Gasteiger partial charge on any atom is 0.339 e. The molecule has 0 saturated carbocycles. The lowest BCUT2D eigenvalue weighted by atomic mass is 9.94. The van der Waals surface area contributed by atoms with E-state index >= 15 is 0 Å². The molecule has 2 aliphatic rings. The van der Waals surface area contributed by atoms with Gasteiger partial charge in [0.1, 0.15) is 29.5 Å². The molecule has 4 heterocycles. The molecule has 1 aromatic carbocycles. The van der Waals surface area contributed by atoms with Gasteiger partial charge in [-0.3, -0.25) is 4.90 Å². The minimum absolute atomic E-state index is 0.183. The van der Waals surface area contributed by atoms with Crippen molar-refractivity contribution in [3.63, 3.8) is 0 Å². The molecule has 5 rings (SSSR count). The van der Waals surface area contributed by atoms with Crippen molar-refractivity contribution in [2.75, 3.05) is 28.6 Å². The molecule has 0 saturated heterocycles. The minimum atomic E-state index is -0.712. The summed E-state index contributed by atoms with van der Waals surface area (Å²) in [5, 5.41) is 10.6. The van der Waals surface area contributed by atoms with Gasteiger partial charge in [0.2, 0.25) is 5.95 Å². The molecule has 2 aliphatic heterocycles. The van der Waals surface area contributed by atoms with E-state index in [1.54, 1.807) is 35.6 Å². The fourth-order valence-electron chi connectivity index (χ4n) is 3.76. The van der Waals surface area contributed by atoms with Crippen LogP contribution >= 0.6 is 0 Å². The Morgan fingerprint density at radius 2 is 1.92 bits per heavy atom. The number of benzene rings is 1. The van der Waals surface area contributed by atoms with E-state index in [1.807, 2.05) is 19.9 Å². The second kappa shape index (κ2) is 9.21. The Morgan fingerprint density at radius 1 is 1.14 bits per heavy atom. The van der Waals surface area contributed by atoms with Gasteiger partial charge < -0.3 is 30.4 Å². The molecule has 0 amide bonds. The van der Waals surface area contributed by atoms with Gasteiger partial charge in [-0.2, -0.15) is 9.97 Å². The van der Waals surface area contributed by atoms with Crippen LogP contribution in [0.15, 0.2) is 53.8 Å². The Labute approximate surface area is 213 Å². The summed E-state index contributed by atoms with van der Waals surface area (Å²) in [5.41, 5.74) is 7.63. The predicted octanol–water partition coefficient (Wildman–Crippen LogP) is 3.85. The lowest BCUT2D eigenvalue weighted by Gasteiger charge is -2.23. The lowest BCUT2D eigenvalue weighted by molar-refractivity contribution is 0.00954. The molecule has 12 heteroatoms. The number of ether oxygens (including phenoxy) is 2. The van der Waals surface area contributed by atoms with E-state index < -0.39 is 5.60 Å². The van der Waals surface area contributed by atoms with Crippen LogP contribution in [0.4, 0.5) is 23.4 Å². The molecule has 3 aromatic rings. The highest BCUT2D eigenvalue weighted by molar-refractivity contribution is 5.95. The normalized spacial score (nSPS) is 15.8. The SMILES string of the molecule is CC(C)(CN)CNc1nc(Nc2ccc3c(c2)C(C)(C)OC3=O)ncc1-c1nc(N2C=COC=C2)no1. The number of hydrogen-bond donors (Lipinski definition) is 3. The monoisotopic (exact) mass is 504 g/mol. The van der Waals surface area contributed by atoms with Crippen molar-refractivity contribution >= 4 is 29.4 Å². The van der Waals surface area contributed by atoms with Crippen LogP contribution in [0.1, 0.15) is 43.6 Å². The molecule has 0 fully saturated rings. The Kier molecular flexibility index (Phi) is 6.04. The number of esters is 1. The fraction of sp³-hybridized carbons (Fsp3) is 0.320. The first-order valence-electron chi connectivity index (χ1n) is 11.7. The number of aromatic nitrogens is 4. The molecule has 0 unspecified atom stereocenters. The first kappa shape index (κ1) is 24.3. The van der Waals surface area contributed by atoms with Gasteiger partial charge in [0.25, 0.3) is 11.8 Å². The number of cyclic esters (lactones) is 1. The van der Waals surface area contributed by atoms with Crippen LogP contribution in [-0.2, 0) is 15.1 Å². The van der Waals surface area contributed by atoms with Crippen molar-refractivity contribution in [3.05, 3.63) is 60.4 Å². The van der Waals surface area contributed by atoms with Crippen molar-refractivity contribution < 1.29 is 18.8 Å². The predicted molar refractivity (Wildman–Crippen MR) is 137 cm³/mol. The number of hydrogen-bond acceptors (Lipinski definition) is 12. The van der Waals surface area contributed by atoms with Gasteiger partial charge in [0.15, 0.2) is 0 Å². The zero-order valence-electron chi connectivity index (χ0n) is 21.0. The largest absolute Gasteiger partial charge is 0.470 e. The first-order chi connectivity index (χ1) is 17.6. The molecule has 12 nitrogen and oxygen atoms in total. The van der Waals surface area contributed by atoms with Crippen LogP contribution in [0.3, 0.4) is 0 Å². The van der Waals surface area contributed by atoms with Gasteiger partial charge in [-0.25, -0.2) is 9.78 Å². The highest BCUT2D eigenvalue weighted by atomic mass is 16.6. The second-order valence-electron chi connectivity index (χ2n) is 9.98. The van der Waals surface area contributed by atoms with Gasteiger partial charge >= 0.3 is 5.97 Å². The third-order valence-corrected chi connectivity index (χ3v) is 6.04. The van der Waals surface area contributed by atoms with Crippen molar-refractivity contribution in [1.29, 1.82) is 0 Å². The summed E-state index contributed by atoms with van der Waals surface area (Å²) >= 11 is 0. The zero-order valence-corrected chi connectivity index (χ0v) is 21.0. The Bertz CT molecular complexity index is 1380. The van der Waals surface area contributed by atoms with Gasteiger partial charge in [0.05, 0.1) is 5.56 Å². The van der Waals surface area contributed by atoms with Crippen molar-refractivity contribution in [2.45, 2.75) is 33.3 Å². The van der Waals surface area contributed by atoms with Crippen LogP contribution in [0, 0.1) is 5.41 Å². The number of rotatable bonds is 8. The number of carbonyl (C=O) groups excluding carboxylic acids is 1. The van der Waals surface area contributed by atoms with Crippen molar-refractivity contribution in [1.82, 2.24) is 20.1 Å². The quantitative estimate of drug-likeness (QED) is 0.382. The average molecular weight is 505 g/mol. The lowest BCUT2D eigenvalue weighted by Crippen LogP contribution is -2.31. The van der Waals surface area contributed by atoms with E-state index in [2.05, 4.69) is 44.6 Å². The summed E-state index contributed by atoms with van der Waals surface area (Å²) in [7, 11) is 0. The summed E-state index contributed by atoms with van der Waals surface area (Å²) in [6.07, 6.45) is 7.95. The third-order valence-electron chi connectivity index (χ3n) is 6.04. The van der Waals surface area contributed by atoms with Gasteiger partial charge in [0, 0.05) is 36.4 Å². The number of anilines is 4. The molecule has 0 atom stereocenters. The molecule has 37 heavy (non-hydrogen) atoms. The maximum absolute atomic E-state index is 12.1. The van der Waals surface area contributed by atoms with Crippen LogP contribution in [-0.4, -0.2) is 39.2 Å². The van der Waals surface area contributed by atoms with E-state index in [0.29, 0.717) is 41.9 Å². The fourth-order valence-corrected chi connectivity index (χ4v) is 3.76. The first-order valence-corrected chi connectivity index (χ1v) is 11.7. The summed E-state index contributed by atoms with van der Waals surface area (Å²) in [6, 6.07) is 5.40. The highest BCUT2D eigenvalue weighted by Crippen LogP contribution is 2.38. The number of nitrogens with zero attached hydrogens (tertiary/aromatic N) is 5. The van der Waals surface area contributed by atoms with E-state index in [1.165, 1.54) is 12.5 Å². The molecular formula is C25H28N8O4. The highest BCUT2D eigenvalue weighted by Gasteiger charge is 2.37. The molecule has 4 N–H and O–H groups in total. The van der Waals surface area contributed by atoms with E-state index in [9.17, 15) is 4.79 Å². The molecule has 2 aromatic heterocycles. The van der Waals surface area contributed by atoms with Crippen LogP contribution in [0.2, 0.25) is 0 Å². The van der Waals surface area contributed by atoms with Crippen LogP contribution < -0.4 is 21.3 Å². The van der Waals surface area contributed by atoms with Crippen LogP contribution in [0.5, 0.6) is 0 Å². The van der Waals surface area contributed by atoms with Crippen LogP contribution in [0.25, 0.3) is 11.5 Å². The Balaban J connectivity index is 1.45. The van der Waals surface area contributed by atoms with Gasteiger partial charge in [-0.05, 0) is 49.2 Å². The van der Waals surface area contributed by atoms with E-state index in [0.717, 1.165) is 11.3 Å². The molecule has 0 radical (unpaired) electrons. The maximum atomic E-state index is 12.1. The number of fused-ring (bicyclic) bond motifs is 1. The molecule has 0 bridgehead atoms. The summed E-state index contributed by atoms with van der Waals surface area (Å²) in [5.74, 6) is 1.10. The molecule has 0 aliphatic carbocycles. The molecule has 0 spiro atoms. The number of carbonyl (C=O) groups is 1. The number of nitrogens with two attached hydrogens (primary N) is 1.